The van der Waals surface area contributed by atoms with Gasteiger partial charge in [-0.1, -0.05) is 181 Å². The van der Waals surface area contributed by atoms with Crippen LogP contribution in [0.3, 0.4) is 0 Å². The van der Waals surface area contributed by atoms with Gasteiger partial charge >= 0.3 is 0 Å². The van der Waals surface area contributed by atoms with Gasteiger partial charge in [0.1, 0.15) is 7.85 Å². The van der Waals surface area contributed by atoms with E-state index in [1.807, 2.05) is 0 Å². The first kappa shape index (κ1) is 30.7. The molecule has 0 amide bonds. The van der Waals surface area contributed by atoms with Crippen LogP contribution in [0.5, 0.6) is 0 Å². The summed E-state index contributed by atoms with van der Waals surface area (Å²) < 4.78 is 3.12. The Bertz CT molecular complexity index is 2000. The van der Waals surface area contributed by atoms with E-state index in [4.69, 9.17) is 0 Å². The molecule has 0 saturated heterocycles. The second kappa shape index (κ2) is 13.4. The number of halogens is 3. The Morgan fingerprint density at radius 2 is 0.543 bits per heavy atom. The average molecular weight is 783 g/mol. The quantitative estimate of drug-likeness (QED) is 0.147. The molecule has 0 aliphatic carbocycles. The molecule has 7 aromatic carbocycles. The Labute approximate surface area is 297 Å². The van der Waals surface area contributed by atoms with E-state index >= 15 is 0 Å². The Morgan fingerprint density at radius 3 is 0.935 bits per heavy atom. The molecular formula is C42H28BBr3. The first-order valence-electron chi connectivity index (χ1n) is 15.2. The van der Waals surface area contributed by atoms with Crippen molar-refractivity contribution < 1.29 is 0 Å². The van der Waals surface area contributed by atoms with Crippen LogP contribution in [0, 0.1) is 0 Å². The van der Waals surface area contributed by atoms with Crippen molar-refractivity contribution in [2.75, 3.05) is 0 Å². The lowest BCUT2D eigenvalue weighted by Gasteiger charge is -2.19. The monoisotopic (exact) mass is 780 g/mol. The lowest BCUT2D eigenvalue weighted by Crippen LogP contribution is -2.09. The third-order valence-electron chi connectivity index (χ3n) is 8.45. The molecule has 0 bridgehead atoms. The molecule has 0 aliphatic rings. The zero-order valence-electron chi connectivity index (χ0n) is 25.1. The van der Waals surface area contributed by atoms with Gasteiger partial charge in [0.05, 0.1) is 0 Å². The third kappa shape index (κ3) is 6.10. The zero-order valence-corrected chi connectivity index (χ0v) is 29.9. The minimum absolute atomic E-state index is 1.03. The molecule has 46 heavy (non-hydrogen) atoms. The molecule has 0 N–H and O–H groups in total. The summed E-state index contributed by atoms with van der Waals surface area (Å²) in [6.07, 6.45) is 0. The molecule has 0 spiro atoms. The molecule has 0 fully saturated rings. The molecule has 7 aromatic rings. The molecule has 7 rings (SSSR count). The van der Waals surface area contributed by atoms with Gasteiger partial charge in [-0.15, -0.1) is 0 Å². The lowest BCUT2D eigenvalue weighted by atomic mass is 9.81. The summed E-state index contributed by atoms with van der Waals surface area (Å²) in [6.45, 7) is 0. The maximum atomic E-state index is 4.00. The fourth-order valence-corrected chi connectivity index (χ4v) is 7.83. The topological polar surface area (TPSA) is 0 Å². The highest BCUT2D eigenvalue weighted by Gasteiger charge is 2.19. The normalized spacial score (nSPS) is 11.0. The van der Waals surface area contributed by atoms with Crippen LogP contribution in [0.1, 0.15) is 0 Å². The van der Waals surface area contributed by atoms with Gasteiger partial charge in [-0.05, 0) is 97.1 Å². The molecule has 0 saturated carbocycles. The van der Waals surface area contributed by atoms with Gasteiger partial charge in [0.15, 0.2) is 0 Å². The average Bonchev–Trinajstić information content (AvgIpc) is 3.10. The molecule has 0 heterocycles. The van der Waals surface area contributed by atoms with Crippen molar-refractivity contribution in [2.45, 2.75) is 0 Å². The van der Waals surface area contributed by atoms with Gasteiger partial charge in [-0.25, -0.2) is 0 Å². The van der Waals surface area contributed by atoms with Crippen LogP contribution in [-0.2, 0) is 0 Å². The van der Waals surface area contributed by atoms with E-state index in [9.17, 15) is 0 Å². The second-order valence-electron chi connectivity index (χ2n) is 11.4. The van der Waals surface area contributed by atoms with Crippen LogP contribution >= 0.6 is 47.8 Å². The molecule has 0 atom stereocenters. The highest BCUT2D eigenvalue weighted by molar-refractivity contribution is 9.11. The van der Waals surface area contributed by atoms with E-state index in [0.29, 0.717) is 0 Å². The molecule has 0 aliphatic heterocycles. The fourth-order valence-electron chi connectivity index (χ4n) is 6.16. The predicted octanol–water partition coefficient (Wildman–Crippen LogP) is 12.2. The van der Waals surface area contributed by atoms with Gasteiger partial charge in [-0.3, -0.25) is 0 Å². The summed E-state index contributed by atoms with van der Waals surface area (Å²) in [5, 5.41) is 0. The minimum Gasteiger partial charge on any atom is -0.0806 e. The van der Waals surface area contributed by atoms with Gasteiger partial charge < -0.3 is 0 Å². The van der Waals surface area contributed by atoms with E-state index in [1.165, 1.54) is 55.5 Å². The number of hydrogen-bond acceptors (Lipinski definition) is 0. The Kier molecular flexibility index (Phi) is 8.95. The van der Waals surface area contributed by atoms with Gasteiger partial charge in [0.2, 0.25) is 0 Å². The van der Waals surface area contributed by atoms with Crippen LogP contribution in [0.2, 0.25) is 0 Å². The fraction of sp³-hybridized carbons (Fsp3) is 0. The lowest BCUT2D eigenvalue weighted by molar-refractivity contribution is 1.51. The molecule has 220 valence electrons. The van der Waals surface area contributed by atoms with Crippen LogP contribution in [0.25, 0.3) is 66.8 Å². The predicted molar refractivity (Wildman–Crippen MR) is 210 cm³/mol. The number of hydrogen-bond donors (Lipinski definition) is 0. The highest BCUT2D eigenvalue weighted by Crippen LogP contribution is 2.45. The Balaban J connectivity index is 1.38. The summed E-state index contributed by atoms with van der Waals surface area (Å²) in [5.41, 5.74) is 15.4. The van der Waals surface area contributed by atoms with Gasteiger partial charge in [0, 0.05) is 13.4 Å². The maximum Gasteiger partial charge on any atom is 0.140 e. The summed E-state index contributed by atoms with van der Waals surface area (Å²) >= 11 is 11.9. The first-order chi connectivity index (χ1) is 22.5. The van der Waals surface area contributed by atoms with Crippen LogP contribution in [0.4, 0.5) is 0 Å². The van der Waals surface area contributed by atoms with Gasteiger partial charge in [0.25, 0.3) is 0 Å². The maximum absolute atomic E-state index is 4.00. The first-order valence-corrected chi connectivity index (χ1v) is 17.6. The smallest absolute Gasteiger partial charge is 0.0806 e. The Morgan fingerprint density at radius 1 is 0.283 bits per heavy atom. The van der Waals surface area contributed by atoms with Crippen LogP contribution in [-0.4, -0.2) is 7.85 Å². The standard InChI is InChI=1S/C42H28BBr3/c43-39-23-33(29-17-9-3-10-18-29)31(27-13-5-1-6-14-27)21-35(39)37-25-42(46)38(26-41(37)45)36-22-32(28-15-7-2-8-16-28)34(24-40(36)44)30-19-11-4-12-20-30/h1-26H,43H2. The summed E-state index contributed by atoms with van der Waals surface area (Å²) in [7, 11) is 2.20. The summed E-state index contributed by atoms with van der Waals surface area (Å²) in [6, 6.07) is 56.2. The number of rotatable bonds is 6. The molecule has 0 aromatic heterocycles. The summed E-state index contributed by atoms with van der Waals surface area (Å²) in [4.78, 5) is 0. The van der Waals surface area contributed by atoms with Crippen molar-refractivity contribution in [2.24, 2.45) is 0 Å². The van der Waals surface area contributed by atoms with E-state index in [0.717, 1.165) is 30.1 Å². The van der Waals surface area contributed by atoms with Gasteiger partial charge in [-0.2, -0.15) is 0 Å². The number of benzene rings is 7. The van der Waals surface area contributed by atoms with E-state index in [1.54, 1.807) is 0 Å². The van der Waals surface area contributed by atoms with Crippen molar-refractivity contribution in [1.29, 1.82) is 0 Å². The van der Waals surface area contributed by atoms with Crippen molar-refractivity contribution in [3.8, 4) is 66.8 Å². The van der Waals surface area contributed by atoms with E-state index in [-0.39, 0.29) is 0 Å². The van der Waals surface area contributed by atoms with Crippen LogP contribution < -0.4 is 5.46 Å². The SMILES string of the molecule is Bc1cc(-c2ccccc2)c(-c2ccccc2)cc1-c1cc(Br)c(-c2cc(-c3ccccc3)c(-c3ccccc3)cc2Br)cc1Br. The van der Waals surface area contributed by atoms with Crippen molar-refractivity contribution in [3.05, 3.63) is 171 Å². The Hall–Kier alpha value is -3.96. The van der Waals surface area contributed by atoms with Crippen LogP contribution in [0.15, 0.2) is 171 Å². The highest BCUT2D eigenvalue weighted by atomic mass is 79.9. The second-order valence-corrected chi connectivity index (χ2v) is 13.9. The largest absolute Gasteiger partial charge is 0.140 e. The minimum atomic E-state index is 1.03. The molecule has 0 nitrogen and oxygen atoms in total. The molecule has 0 unspecified atom stereocenters. The van der Waals surface area contributed by atoms with Crippen molar-refractivity contribution >= 4 is 61.1 Å². The van der Waals surface area contributed by atoms with E-state index < -0.39 is 0 Å². The zero-order chi connectivity index (χ0) is 31.6. The molecule has 4 heteroatoms. The van der Waals surface area contributed by atoms with Crippen molar-refractivity contribution in [1.82, 2.24) is 0 Å². The summed E-state index contributed by atoms with van der Waals surface area (Å²) in [5.74, 6) is 0. The van der Waals surface area contributed by atoms with E-state index in [2.05, 4.69) is 213 Å². The molecule has 0 radical (unpaired) electrons. The third-order valence-corrected chi connectivity index (χ3v) is 10.4. The molecular weight excluding hydrogens is 755 g/mol. The van der Waals surface area contributed by atoms with Crippen molar-refractivity contribution in [3.63, 3.8) is 0 Å².